The van der Waals surface area contributed by atoms with Gasteiger partial charge in [-0.3, -0.25) is 24.6 Å². The third kappa shape index (κ3) is 4.34. The van der Waals surface area contributed by atoms with E-state index in [0.717, 1.165) is 0 Å². The van der Waals surface area contributed by atoms with Crippen LogP contribution >= 0.6 is 0 Å². The van der Waals surface area contributed by atoms with Gasteiger partial charge >= 0.3 is 0 Å². The molecule has 10 N–H and O–H groups in total. The zero-order valence-corrected chi connectivity index (χ0v) is 22.7. The Hall–Kier alpha value is -3.37. The molecule has 224 valence electrons. The van der Waals surface area contributed by atoms with Gasteiger partial charge in [0, 0.05) is 17.4 Å². The van der Waals surface area contributed by atoms with Crippen LogP contribution in [0.1, 0.15) is 24.5 Å². The molecule has 1 amide bonds. The average molecular weight is 578 g/mol. The zero-order valence-electron chi connectivity index (χ0n) is 22.7. The Balaban J connectivity index is 1.83. The lowest BCUT2D eigenvalue weighted by molar-refractivity contribution is -0.159. The molecule has 14 heteroatoms. The number of hydrogen-bond acceptors (Lipinski definition) is 13. The molecule has 0 aliphatic heterocycles. The van der Waals surface area contributed by atoms with Crippen molar-refractivity contribution in [2.24, 2.45) is 11.8 Å². The number of phenolic OH excluding ortho intramolecular Hbond substituents is 1. The first kappa shape index (κ1) is 30.6. The van der Waals surface area contributed by atoms with Gasteiger partial charge in [0.25, 0.3) is 5.91 Å². The number of amides is 1. The third-order valence-corrected chi connectivity index (χ3v) is 8.62. The molecule has 1 saturated carbocycles. The van der Waals surface area contributed by atoms with Crippen molar-refractivity contribution in [3.8, 4) is 5.75 Å². The number of fused-ring (bicyclic) bond motifs is 3. The number of carbonyl (C=O) groups is 3. The quantitative estimate of drug-likeness (QED) is 0.114. The van der Waals surface area contributed by atoms with Crippen molar-refractivity contribution in [3.05, 3.63) is 46.2 Å². The number of carbonyl (C=O) groups excluding carboxylic acids is 3. The lowest BCUT2D eigenvalue weighted by Crippen LogP contribution is -2.67. The van der Waals surface area contributed by atoms with Gasteiger partial charge in [0.15, 0.2) is 11.4 Å². The van der Waals surface area contributed by atoms with Crippen LogP contribution in [0, 0.1) is 11.8 Å². The minimum atomic E-state index is -2.87. The zero-order chi connectivity index (χ0) is 30.7. The number of nitrogens with zero attached hydrogens (tertiary/aromatic N) is 1. The monoisotopic (exact) mass is 577 g/mol. The van der Waals surface area contributed by atoms with E-state index >= 15 is 0 Å². The van der Waals surface area contributed by atoms with E-state index in [9.17, 15) is 55.2 Å². The van der Waals surface area contributed by atoms with Crippen LogP contribution in [-0.4, -0.2) is 121 Å². The van der Waals surface area contributed by atoms with E-state index in [0.29, 0.717) is 0 Å². The Bertz CT molecular complexity index is 1340. The first-order valence-corrected chi connectivity index (χ1v) is 12.9. The summed E-state index contributed by atoms with van der Waals surface area (Å²) in [5, 5.41) is 89.5. The van der Waals surface area contributed by atoms with Crippen molar-refractivity contribution in [2.45, 2.75) is 36.1 Å². The number of Topliss-reactive ketones (excluding diaryl/α,β-unsaturated/α-hetero) is 2. The molecule has 5 atom stereocenters. The van der Waals surface area contributed by atoms with Crippen LogP contribution in [0.2, 0.25) is 0 Å². The van der Waals surface area contributed by atoms with Crippen LogP contribution in [0.4, 0.5) is 0 Å². The van der Waals surface area contributed by atoms with E-state index in [2.05, 4.69) is 10.6 Å². The lowest BCUT2D eigenvalue weighted by atomic mass is 9.54. The number of hydrogen-bond donors (Lipinski definition) is 10. The van der Waals surface area contributed by atoms with Crippen molar-refractivity contribution in [3.63, 3.8) is 0 Å². The van der Waals surface area contributed by atoms with Crippen molar-refractivity contribution in [1.82, 2.24) is 15.5 Å². The SMILES string of the molecule is CN(C)[C@@H]1C(=O)C(C(=O)NCNC(CO)(CO)CO)=C(O)[C@@]2(O)C(=O)C3=C(O)c4c(O)cccc4[C@@](C)(O)[C@H]3C[C@@H]12. The number of ketones is 2. The van der Waals surface area contributed by atoms with Gasteiger partial charge in [-0.05, 0) is 39.1 Å². The number of phenols is 1. The maximum absolute atomic E-state index is 14.0. The predicted octanol–water partition coefficient (Wildman–Crippen LogP) is -2.48. The van der Waals surface area contributed by atoms with E-state index in [1.807, 2.05) is 0 Å². The van der Waals surface area contributed by atoms with Gasteiger partial charge in [-0.15, -0.1) is 0 Å². The summed E-state index contributed by atoms with van der Waals surface area (Å²) >= 11 is 0. The van der Waals surface area contributed by atoms with Crippen molar-refractivity contribution in [2.75, 3.05) is 40.6 Å². The normalized spacial score (nSPS) is 29.8. The third-order valence-electron chi connectivity index (χ3n) is 8.62. The first-order chi connectivity index (χ1) is 19.1. The molecule has 4 rings (SSSR count). The molecule has 3 aliphatic carbocycles. The average Bonchev–Trinajstić information content (AvgIpc) is 2.92. The number of aromatic hydroxyl groups is 1. The van der Waals surface area contributed by atoms with Gasteiger partial charge in [-0.2, -0.15) is 0 Å². The van der Waals surface area contributed by atoms with Crippen LogP contribution in [0.3, 0.4) is 0 Å². The standard InChI is InChI=1S/C27H35N3O11/c1-25(40)12-5-4-6-15(34)16(12)20(35)17-13(25)7-14-19(30(2)3)21(36)18(23(38)27(14,41)22(17)37)24(39)28-11-29-26(8-31,9-32)10-33/h4-6,13-14,19,29,31-35,38,40-41H,7-11H2,1-3H3,(H,28,39)/t13-,14-,19-,25+,27-/m0/s1. The second-order valence-electron chi connectivity index (χ2n) is 11.2. The number of aliphatic hydroxyl groups is 7. The van der Waals surface area contributed by atoms with Crippen molar-refractivity contribution < 1.29 is 55.2 Å². The molecular formula is C27H35N3O11. The molecular weight excluding hydrogens is 542 g/mol. The van der Waals surface area contributed by atoms with Gasteiger partial charge in [0.05, 0.1) is 49.2 Å². The Morgan fingerprint density at radius 1 is 1.07 bits per heavy atom. The highest BCUT2D eigenvalue weighted by atomic mass is 16.4. The number of nitrogens with one attached hydrogen (secondary N) is 2. The summed E-state index contributed by atoms with van der Waals surface area (Å²) in [6.45, 7) is -1.24. The van der Waals surface area contributed by atoms with E-state index in [4.69, 9.17) is 0 Å². The van der Waals surface area contributed by atoms with Crippen molar-refractivity contribution >= 4 is 23.2 Å². The van der Waals surface area contributed by atoms with Gasteiger partial charge in [-0.25, -0.2) is 0 Å². The lowest BCUT2D eigenvalue weighted by Gasteiger charge is -2.53. The van der Waals surface area contributed by atoms with Crippen LogP contribution in [0.25, 0.3) is 5.76 Å². The maximum Gasteiger partial charge on any atom is 0.259 e. The van der Waals surface area contributed by atoms with Crippen molar-refractivity contribution in [1.29, 1.82) is 0 Å². The van der Waals surface area contributed by atoms with Gasteiger partial charge in [-0.1, -0.05) is 12.1 Å². The second-order valence-corrected chi connectivity index (χ2v) is 11.2. The summed E-state index contributed by atoms with van der Waals surface area (Å²) in [6.07, 6.45) is -0.273. The van der Waals surface area contributed by atoms with E-state index in [-0.39, 0.29) is 17.5 Å². The number of rotatable bonds is 8. The van der Waals surface area contributed by atoms with Crippen LogP contribution in [0.15, 0.2) is 35.1 Å². The molecule has 0 radical (unpaired) electrons. The summed E-state index contributed by atoms with van der Waals surface area (Å²) in [5.74, 6) is -8.26. The molecule has 0 bridgehead atoms. The van der Waals surface area contributed by atoms with E-state index < -0.39 is 107 Å². The highest BCUT2D eigenvalue weighted by Crippen LogP contribution is 2.57. The Labute approximate surface area is 234 Å². The molecule has 0 spiro atoms. The number of likely N-dealkylation sites (N-methyl/N-ethyl adjacent to an activating group) is 1. The topological polar surface area (TPSA) is 240 Å². The van der Waals surface area contributed by atoms with Gasteiger partial charge in [0.1, 0.15) is 22.8 Å². The fraction of sp³-hybridized carbons (Fsp3) is 0.519. The van der Waals surface area contributed by atoms with E-state index in [1.54, 1.807) is 0 Å². The summed E-state index contributed by atoms with van der Waals surface area (Å²) in [7, 11) is 2.94. The first-order valence-electron chi connectivity index (χ1n) is 12.9. The molecule has 3 aliphatic rings. The minimum absolute atomic E-state index is 0.127. The highest BCUT2D eigenvalue weighted by molar-refractivity contribution is 6.25. The fourth-order valence-electron chi connectivity index (χ4n) is 6.20. The van der Waals surface area contributed by atoms with Gasteiger partial charge < -0.3 is 46.2 Å². The minimum Gasteiger partial charge on any atom is -0.508 e. The number of benzene rings is 1. The maximum atomic E-state index is 14.0. The smallest absolute Gasteiger partial charge is 0.259 e. The Morgan fingerprint density at radius 2 is 1.68 bits per heavy atom. The van der Waals surface area contributed by atoms with Crippen LogP contribution in [-0.2, 0) is 20.0 Å². The summed E-state index contributed by atoms with van der Waals surface area (Å²) < 4.78 is 0. The second kappa shape index (κ2) is 10.5. The highest BCUT2D eigenvalue weighted by Gasteiger charge is 2.66. The molecule has 0 unspecified atom stereocenters. The Morgan fingerprint density at radius 3 is 2.24 bits per heavy atom. The molecule has 0 heterocycles. The summed E-state index contributed by atoms with van der Waals surface area (Å²) in [6, 6.07) is 2.83. The molecule has 14 nitrogen and oxygen atoms in total. The van der Waals surface area contributed by atoms with Crippen LogP contribution in [0.5, 0.6) is 5.75 Å². The number of aliphatic hydroxyl groups excluding tert-OH is 5. The summed E-state index contributed by atoms with van der Waals surface area (Å²) in [5.41, 5.74) is -7.77. The predicted molar refractivity (Wildman–Crippen MR) is 141 cm³/mol. The largest absolute Gasteiger partial charge is 0.508 e. The fourth-order valence-corrected chi connectivity index (χ4v) is 6.20. The molecule has 1 aromatic rings. The Kier molecular flexibility index (Phi) is 7.81. The molecule has 41 heavy (non-hydrogen) atoms. The molecule has 0 saturated heterocycles. The van der Waals surface area contributed by atoms with Gasteiger partial charge in [0.2, 0.25) is 5.78 Å². The molecule has 1 aromatic carbocycles. The van der Waals surface area contributed by atoms with Crippen LogP contribution < -0.4 is 10.6 Å². The molecule has 0 aromatic heterocycles. The molecule has 1 fully saturated rings. The van der Waals surface area contributed by atoms with E-state index in [1.165, 1.54) is 44.1 Å². The summed E-state index contributed by atoms with van der Waals surface area (Å²) in [4.78, 5) is 42.2.